The van der Waals surface area contributed by atoms with Crippen LogP contribution in [0.4, 0.5) is 0 Å². The summed E-state index contributed by atoms with van der Waals surface area (Å²) in [7, 11) is 0. The zero-order chi connectivity index (χ0) is 21.0. The fourth-order valence-corrected chi connectivity index (χ4v) is 5.41. The molecule has 0 unspecified atom stereocenters. The Morgan fingerprint density at radius 3 is 1.90 bits per heavy atom. The molecule has 1 saturated heterocycles. The molecule has 1 aromatic rings. The summed E-state index contributed by atoms with van der Waals surface area (Å²) in [5.74, 6) is 2.62. The summed E-state index contributed by atoms with van der Waals surface area (Å²) in [5.41, 5.74) is 2.63. The van der Waals surface area contributed by atoms with Crippen LogP contribution in [0.3, 0.4) is 0 Å². The van der Waals surface area contributed by atoms with E-state index in [2.05, 4.69) is 38.1 Å². The second-order valence-electron chi connectivity index (χ2n) is 10.0. The van der Waals surface area contributed by atoms with Crippen LogP contribution in [0.25, 0.3) is 0 Å². The first-order valence-electron chi connectivity index (χ1n) is 13.1. The van der Waals surface area contributed by atoms with Gasteiger partial charge < -0.3 is 9.47 Å². The van der Waals surface area contributed by atoms with Gasteiger partial charge in [0.1, 0.15) is 0 Å². The van der Waals surface area contributed by atoms with Crippen molar-refractivity contribution in [2.45, 2.75) is 110 Å². The van der Waals surface area contributed by atoms with Crippen molar-refractivity contribution in [3.63, 3.8) is 0 Å². The topological polar surface area (TPSA) is 18.5 Å². The Balaban J connectivity index is 1.29. The monoisotopic (exact) mass is 414 g/mol. The van der Waals surface area contributed by atoms with Crippen LogP contribution in [0.15, 0.2) is 24.3 Å². The molecular formula is C28H46O2. The van der Waals surface area contributed by atoms with Crippen molar-refractivity contribution in [1.82, 2.24) is 0 Å². The van der Waals surface area contributed by atoms with Crippen molar-refractivity contribution in [3.8, 4) is 0 Å². The van der Waals surface area contributed by atoms with Crippen molar-refractivity contribution in [2.75, 3.05) is 13.2 Å². The third kappa shape index (κ3) is 8.00. The molecule has 0 atom stereocenters. The second kappa shape index (κ2) is 13.5. The van der Waals surface area contributed by atoms with Gasteiger partial charge in [0.2, 0.25) is 0 Å². The maximum Gasteiger partial charge on any atom is 0.183 e. The van der Waals surface area contributed by atoms with Crippen LogP contribution in [0.1, 0.15) is 115 Å². The first-order chi connectivity index (χ1) is 14.8. The SMILES string of the molecule is CCCCC[C@H]1CO[C@H](c2ccc(CCCC[C@H]3CC[C@H](CCC)CC3)cc2)OC1. The minimum absolute atomic E-state index is 0.163. The van der Waals surface area contributed by atoms with Crippen LogP contribution in [-0.2, 0) is 15.9 Å². The van der Waals surface area contributed by atoms with E-state index in [0.717, 1.165) is 25.0 Å². The summed E-state index contributed by atoms with van der Waals surface area (Å²) < 4.78 is 12.0. The maximum absolute atomic E-state index is 6.01. The molecule has 0 aromatic heterocycles. The van der Waals surface area contributed by atoms with Gasteiger partial charge in [0, 0.05) is 11.5 Å². The highest BCUT2D eigenvalue weighted by molar-refractivity contribution is 5.23. The molecule has 1 saturated carbocycles. The molecule has 2 nitrogen and oxygen atoms in total. The summed E-state index contributed by atoms with van der Waals surface area (Å²) in [6.07, 6.45) is 19.1. The number of hydrogen-bond acceptors (Lipinski definition) is 2. The molecule has 1 aliphatic carbocycles. The zero-order valence-corrected chi connectivity index (χ0v) is 19.7. The Kier molecular flexibility index (Phi) is 10.7. The molecule has 30 heavy (non-hydrogen) atoms. The molecule has 1 heterocycles. The molecule has 0 radical (unpaired) electrons. The first kappa shape index (κ1) is 23.8. The number of hydrogen-bond donors (Lipinski definition) is 0. The second-order valence-corrected chi connectivity index (χ2v) is 10.0. The molecule has 2 fully saturated rings. The molecule has 2 aliphatic rings. The van der Waals surface area contributed by atoms with Gasteiger partial charge in [0.15, 0.2) is 6.29 Å². The minimum atomic E-state index is -0.163. The number of benzene rings is 1. The maximum atomic E-state index is 6.01. The van der Waals surface area contributed by atoms with Crippen LogP contribution in [0.2, 0.25) is 0 Å². The third-order valence-corrected chi connectivity index (χ3v) is 7.43. The molecule has 0 N–H and O–H groups in total. The molecule has 0 amide bonds. The molecule has 2 heteroatoms. The van der Waals surface area contributed by atoms with Gasteiger partial charge in [0.25, 0.3) is 0 Å². The van der Waals surface area contributed by atoms with E-state index < -0.39 is 0 Å². The predicted octanol–water partition coefficient (Wildman–Crippen LogP) is 8.25. The van der Waals surface area contributed by atoms with Crippen molar-refractivity contribution >= 4 is 0 Å². The molecule has 0 bridgehead atoms. The van der Waals surface area contributed by atoms with Gasteiger partial charge >= 0.3 is 0 Å². The van der Waals surface area contributed by atoms with E-state index in [1.807, 2.05) is 0 Å². The quantitative estimate of drug-likeness (QED) is 0.320. The molecule has 1 aliphatic heterocycles. The molecule has 1 aromatic carbocycles. The fraction of sp³-hybridized carbons (Fsp3) is 0.786. The van der Waals surface area contributed by atoms with Gasteiger partial charge in [0.05, 0.1) is 13.2 Å². The normalized spacial score (nSPS) is 27.3. The van der Waals surface area contributed by atoms with Crippen molar-refractivity contribution < 1.29 is 9.47 Å². The van der Waals surface area contributed by atoms with E-state index in [0.29, 0.717) is 5.92 Å². The number of rotatable bonds is 12. The van der Waals surface area contributed by atoms with Crippen LogP contribution in [0, 0.1) is 17.8 Å². The smallest absolute Gasteiger partial charge is 0.183 e. The first-order valence-corrected chi connectivity index (χ1v) is 13.1. The Morgan fingerprint density at radius 1 is 0.667 bits per heavy atom. The Labute approximate surface area is 186 Å². The lowest BCUT2D eigenvalue weighted by Crippen LogP contribution is -2.27. The predicted molar refractivity (Wildman–Crippen MR) is 127 cm³/mol. The van der Waals surface area contributed by atoms with Gasteiger partial charge in [-0.15, -0.1) is 0 Å². The van der Waals surface area contributed by atoms with E-state index in [1.54, 1.807) is 0 Å². The van der Waals surface area contributed by atoms with Gasteiger partial charge in [-0.05, 0) is 36.7 Å². The van der Waals surface area contributed by atoms with Crippen LogP contribution >= 0.6 is 0 Å². The largest absolute Gasteiger partial charge is 0.348 e. The number of unbranched alkanes of at least 4 members (excludes halogenated alkanes) is 3. The highest BCUT2D eigenvalue weighted by atomic mass is 16.7. The van der Waals surface area contributed by atoms with Crippen molar-refractivity contribution in [2.24, 2.45) is 17.8 Å². The van der Waals surface area contributed by atoms with Crippen LogP contribution in [0.5, 0.6) is 0 Å². The Morgan fingerprint density at radius 2 is 1.27 bits per heavy atom. The van der Waals surface area contributed by atoms with Gasteiger partial charge in [-0.2, -0.15) is 0 Å². The zero-order valence-electron chi connectivity index (χ0n) is 19.7. The Hall–Kier alpha value is -0.860. The highest BCUT2D eigenvalue weighted by Crippen LogP contribution is 2.34. The Bertz CT molecular complexity index is 551. The standard InChI is InChI=1S/C28H46O2/c1-3-5-6-12-26-21-29-28(30-22-26)27-19-17-25(18-20-27)11-8-7-10-24-15-13-23(9-4-2)14-16-24/h17-20,23-24,26,28H,3-16,21-22H2,1-2H3/t23-,24-,26-,28-. The van der Waals surface area contributed by atoms with E-state index in [4.69, 9.17) is 9.47 Å². The fourth-order valence-electron chi connectivity index (χ4n) is 5.41. The number of aryl methyl sites for hydroxylation is 1. The summed E-state index contributed by atoms with van der Waals surface area (Å²) >= 11 is 0. The van der Waals surface area contributed by atoms with Crippen molar-refractivity contribution in [1.29, 1.82) is 0 Å². The average Bonchev–Trinajstić information content (AvgIpc) is 2.79. The van der Waals surface area contributed by atoms with E-state index in [9.17, 15) is 0 Å². The summed E-state index contributed by atoms with van der Waals surface area (Å²) in [6.45, 7) is 6.28. The third-order valence-electron chi connectivity index (χ3n) is 7.43. The number of ether oxygens (including phenoxy) is 2. The van der Waals surface area contributed by atoms with E-state index in [1.165, 1.54) is 101 Å². The molecule has 0 spiro atoms. The lowest BCUT2D eigenvalue weighted by Gasteiger charge is -2.29. The average molecular weight is 415 g/mol. The molecule has 170 valence electrons. The van der Waals surface area contributed by atoms with Crippen molar-refractivity contribution in [3.05, 3.63) is 35.4 Å². The minimum Gasteiger partial charge on any atom is -0.348 e. The summed E-state index contributed by atoms with van der Waals surface area (Å²) in [6, 6.07) is 9.00. The van der Waals surface area contributed by atoms with Crippen LogP contribution < -0.4 is 0 Å². The van der Waals surface area contributed by atoms with Gasteiger partial charge in [-0.3, -0.25) is 0 Å². The van der Waals surface area contributed by atoms with Gasteiger partial charge in [-0.25, -0.2) is 0 Å². The molecular weight excluding hydrogens is 368 g/mol. The van der Waals surface area contributed by atoms with E-state index in [-0.39, 0.29) is 6.29 Å². The van der Waals surface area contributed by atoms with E-state index >= 15 is 0 Å². The molecule has 3 rings (SSSR count). The lowest BCUT2D eigenvalue weighted by atomic mass is 9.78. The summed E-state index contributed by atoms with van der Waals surface area (Å²) in [4.78, 5) is 0. The highest BCUT2D eigenvalue weighted by Gasteiger charge is 2.23. The summed E-state index contributed by atoms with van der Waals surface area (Å²) in [5, 5.41) is 0. The van der Waals surface area contributed by atoms with Crippen LogP contribution in [-0.4, -0.2) is 13.2 Å². The van der Waals surface area contributed by atoms with Gasteiger partial charge in [-0.1, -0.05) is 109 Å². The lowest BCUT2D eigenvalue weighted by molar-refractivity contribution is -0.206.